The normalized spacial score (nSPS) is 21.9. The van der Waals surface area contributed by atoms with Gasteiger partial charge in [-0.25, -0.2) is 4.90 Å². The van der Waals surface area contributed by atoms with Gasteiger partial charge in [0.05, 0.1) is 38.3 Å². The van der Waals surface area contributed by atoms with E-state index in [9.17, 15) is 9.59 Å². The molecule has 150 valence electrons. The number of nitrogens with zero attached hydrogens (tertiary/aromatic N) is 2. The van der Waals surface area contributed by atoms with Crippen LogP contribution in [-0.4, -0.2) is 50.8 Å². The van der Waals surface area contributed by atoms with Gasteiger partial charge >= 0.3 is 0 Å². The van der Waals surface area contributed by atoms with Crippen molar-refractivity contribution in [3.05, 3.63) is 46.9 Å². The van der Waals surface area contributed by atoms with Gasteiger partial charge in [0.25, 0.3) is 5.91 Å². The first kappa shape index (κ1) is 18.4. The fourth-order valence-electron chi connectivity index (χ4n) is 4.29. The number of fused-ring (bicyclic) bond motifs is 1. The first-order valence-electron chi connectivity index (χ1n) is 9.72. The number of ether oxygens (including phenoxy) is 2. The van der Waals surface area contributed by atoms with Crippen LogP contribution in [0, 0.1) is 0 Å². The van der Waals surface area contributed by atoms with Crippen LogP contribution >= 0.6 is 15.9 Å². The van der Waals surface area contributed by atoms with Crippen molar-refractivity contribution >= 4 is 39.1 Å². The Bertz CT molecular complexity index is 957. The minimum absolute atomic E-state index is 0.0937. The number of anilines is 2. The maximum atomic E-state index is 13.0. The maximum Gasteiger partial charge on any atom is 0.292 e. The Kier molecular flexibility index (Phi) is 4.67. The quantitative estimate of drug-likeness (QED) is 0.700. The van der Waals surface area contributed by atoms with E-state index in [1.54, 1.807) is 12.1 Å². The number of amides is 2. The molecule has 29 heavy (non-hydrogen) atoms. The number of piperazine rings is 1. The summed E-state index contributed by atoms with van der Waals surface area (Å²) < 4.78 is 11.8. The van der Waals surface area contributed by atoms with E-state index in [4.69, 9.17) is 9.47 Å². The lowest BCUT2D eigenvalue weighted by molar-refractivity contribution is -0.915. The van der Waals surface area contributed by atoms with Crippen LogP contribution in [0.2, 0.25) is 0 Å². The third kappa shape index (κ3) is 3.36. The van der Waals surface area contributed by atoms with E-state index in [0.29, 0.717) is 5.69 Å². The third-order valence-corrected chi connectivity index (χ3v) is 6.38. The van der Waals surface area contributed by atoms with Crippen LogP contribution in [0.15, 0.2) is 46.9 Å². The molecule has 1 unspecified atom stereocenters. The molecule has 1 atom stereocenters. The monoisotopic (exact) mass is 458 g/mol. The molecule has 2 amide bonds. The number of carbonyl (C=O) groups is 2. The van der Waals surface area contributed by atoms with Crippen LogP contribution in [-0.2, 0) is 9.59 Å². The van der Waals surface area contributed by atoms with Gasteiger partial charge in [0.15, 0.2) is 17.5 Å². The summed E-state index contributed by atoms with van der Waals surface area (Å²) in [5.74, 6) is 1.34. The predicted octanol–water partition coefficient (Wildman–Crippen LogP) is 1.21. The van der Waals surface area contributed by atoms with Crippen LogP contribution in [0.5, 0.6) is 11.5 Å². The molecule has 3 aliphatic heterocycles. The molecule has 2 aromatic carbocycles. The third-order valence-electron chi connectivity index (χ3n) is 5.85. The lowest BCUT2D eigenvalue weighted by Crippen LogP contribution is -3.19. The lowest BCUT2D eigenvalue weighted by Gasteiger charge is -2.35. The van der Waals surface area contributed by atoms with E-state index in [2.05, 4.69) is 20.8 Å². The highest BCUT2D eigenvalue weighted by atomic mass is 79.9. The number of quaternary nitrogens is 1. The molecule has 0 aromatic heterocycles. The number of halogens is 1. The number of nitrogens with one attached hydrogen (secondary N) is 1. The van der Waals surface area contributed by atoms with Gasteiger partial charge in [-0.15, -0.1) is 0 Å². The summed E-state index contributed by atoms with van der Waals surface area (Å²) in [6.07, 6.45) is 0.272. The molecular formula is C21H21BrN3O4+. The molecule has 0 spiro atoms. The molecule has 2 fully saturated rings. The van der Waals surface area contributed by atoms with E-state index in [1.165, 1.54) is 9.80 Å². The molecule has 0 aliphatic carbocycles. The van der Waals surface area contributed by atoms with Crippen molar-refractivity contribution in [2.24, 2.45) is 0 Å². The molecule has 0 radical (unpaired) electrons. The Morgan fingerprint density at radius 2 is 1.62 bits per heavy atom. The maximum absolute atomic E-state index is 13.0. The van der Waals surface area contributed by atoms with E-state index >= 15 is 0 Å². The Morgan fingerprint density at radius 3 is 2.38 bits per heavy atom. The van der Waals surface area contributed by atoms with Gasteiger partial charge in [0.1, 0.15) is 0 Å². The smallest absolute Gasteiger partial charge is 0.292 e. The van der Waals surface area contributed by atoms with E-state index in [0.717, 1.165) is 47.8 Å². The lowest BCUT2D eigenvalue weighted by atomic mass is 10.1. The van der Waals surface area contributed by atoms with Crippen LogP contribution < -0.4 is 24.2 Å². The van der Waals surface area contributed by atoms with Gasteiger partial charge < -0.3 is 19.3 Å². The molecule has 0 bridgehead atoms. The Hall–Kier alpha value is -2.58. The van der Waals surface area contributed by atoms with Gasteiger partial charge in [0, 0.05) is 16.2 Å². The standard InChI is InChI=1S/C21H20BrN3O4/c22-14-1-3-15(4-2-14)25-20(26)12-17(21(25)27)24-9-7-23(8-10-24)16-5-6-18-19(11-16)29-13-28-18/h1-6,11,17H,7-10,12-13H2/p+1. The van der Waals surface area contributed by atoms with Crippen molar-refractivity contribution in [3.8, 4) is 11.5 Å². The van der Waals surface area contributed by atoms with Crippen molar-refractivity contribution in [1.82, 2.24) is 0 Å². The zero-order valence-electron chi connectivity index (χ0n) is 15.8. The molecule has 2 saturated heterocycles. The predicted molar refractivity (Wildman–Crippen MR) is 111 cm³/mol. The van der Waals surface area contributed by atoms with E-state index < -0.39 is 0 Å². The summed E-state index contributed by atoms with van der Waals surface area (Å²) in [7, 11) is 0. The van der Waals surface area contributed by atoms with Crippen molar-refractivity contribution in [2.45, 2.75) is 12.5 Å². The van der Waals surface area contributed by atoms with Gasteiger partial charge in [-0.3, -0.25) is 9.59 Å². The first-order chi connectivity index (χ1) is 14.1. The molecule has 8 heteroatoms. The highest BCUT2D eigenvalue weighted by molar-refractivity contribution is 9.10. The average Bonchev–Trinajstić information content (AvgIpc) is 3.32. The first-order valence-corrected chi connectivity index (χ1v) is 10.5. The minimum atomic E-state index is -0.301. The Labute approximate surface area is 176 Å². The molecule has 3 heterocycles. The summed E-state index contributed by atoms with van der Waals surface area (Å²) in [5, 5.41) is 0. The highest BCUT2D eigenvalue weighted by Gasteiger charge is 2.46. The molecule has 3 aliphatic rings. The molecule has 2 aromatic rings. The fourth-order valence-corrected chi connectivity index (χ4v) is 4.56. The second kappa shape index (κ2) is 7.35. The molecule has 5 rings (SSSR count). The molecule has 7 nitrogen and oxygen atoms in total. The fraction of sp³-hybridized carbons (Fsp3) is 0.333. The second-order valence-electron chi connectivity index (χ2n) is 7.48. The van der Waals surface area contributed by atoms with Crippen molar-refractivity contribution in [1.29, 1.82) is 0 Å². The number of rotatable bonds is 3. The largest absolute Gasteiger partial charge is 0.454 e. The number of hydrogen-bond acceptors (Lipinski definition) is 5. The summed E-state index contributed by atoms with van der Waals surface area (Å²) in [6, 6.07) is 13.0. The highest BCUT2D eigenvalue weighted by Crippen LogP contribution is 2.35. The van der Waals surface area contributed by atoms with Crippen molar-refractivity contribution in [3.63, 3.8) is 0 Å². The summed E-state index contributed by atoms with van der Waals surface area (Å²) >= 11 is 3.39. The number of imide groups is 1. The average molecular weight is 459 g/mol. The number of benzene rings is 2. The number of hydrogen-bond donors (Lipinski definition) is 1. The van der Waals surface area contributed by atoms with Gasteiger partial charge in [-0.05, 0) is 36.4 Å². The topological polar surface area (TPSA) is 63.5 Å². The zero-order chi connectivity index (χ0) is 20.0. The van der Waals surface area contributed by atoms with Gasteiger partial charge in [-0.2, -0.15) is 0 Å². The Morgan fingerprint density at radius 1 is 0.931 bits per heavy atom. The molecular weight excluding hydrogens is 438 g/mol. The van der Waals surface area contributed by atoms with E-state index in [1.807, 2.05) is 30.3 Å². The van der Waals surface area contributed by atoms with Crippen LogP contribution in [0.25, 0.3) is 0 Å². The van der Waals surface area contributed by atoms with Crippen molar-refractivity contribution < 1.29 is 24.0 Å². The summed E-state index contributed by atoms with van der Waals surface area (Å²) in [5.41, 5.74) is 1.74. The van der Waals surface area contributed by atoms with E-state index in [-0.39, 0.29) is 31.1 Å². The van der Waals surface area contributed by atoms with Gasteiger partial charge in [-0.1, -0.05) is 15.9 Å². The van der Waals surface area contributed by atoms with Crippen LogP contribution in [0.1, 0.15) is 6.42 Å². The Balaban J connectivity index is 1.26. The molecule has 1 N–H and O–H groups in total. The van der Waals surface area contributed by atoms with Crippen LogP contribution in [0.3, 0.4) is 0 Å². The SMILES string of the molecule is O=C1CC([NH+]2CCN(c3ccc4c(c3)OCO4)CC2)C(=O)N1c1ccc(Br)cc1. The minimum Gasteiger partial charge on any atom is -0.454 e. The summed E-state index contributed by atoms with van der Waals surface area (Å²) in [6.45, 7) is 3.54. The van der Waals surface area contributed by atoms with Crippen LogP contribution in [0.4, 0.5) is 11.4 Å². The summed E-state index contributed by atoms with van der Waals surface area (Å²) in [4.78, 5) is 30.4. The zero-order valence-corrected chi connectivity index (χ0v) is 17.4. The van der Waals surface area contributed by atoms with Crippen molar-refractivity contribution in [2.75, 3.05) is 42.8 Å². The molecule has 0 saturated carbocycles. The second-order valence-corrected chi connectivity index (χ2v) is 8.40. The van der Waals surface area contributed by atoms with Gasteiger partial charge in [0.2, 0.25) is 12.7 Å². The number of carbonyl (C=O) groups excluding carboxylic acids is 2.